The molecule has 0 N–H and O–H groups in total. The Labute approximate surface area is 121 Å². The smallest absolute Gasteiger partial charge is 0.316 e. The molecule has 0 radical (unpaired) electrons. The van der Waals surface area contributed by atoms with E-state index in [4.69, 9.17) is 4.74 Å². The van der Waals surface area contributed by atoms with E-state index in [2.05, 4.69) is 24.8 Å². The molecule has 0 fully saturated rings. The lowest BCUT2D eigenvalue weighted by Crippen LogP contribution is -2.34. The first-order chi connectivity index (χ1) is 9.61. The number of hydrogen-bond donors (Lipinski definition) is 0. The van der Waals surface area contributed by atoms with E-state index in [1.807, 2.05) is 13.8 Å². The fourth-order valence-corrected chi connectivity index (χ4v) is 2.97. The second kappa shape index (κ2) is 6.25. The van der Waals surface area contributed by atoms with E-state index in [1.165, 1.54) is 24.0 Å². The molecule has 0 aliphatic heterocycles. The first kappa shape index (κ1) is 14.8. The Morgan fingerprint density at radius 3 is 2.70 bits per heavy atom. The normalized spacial score (nSPS) is 16.9. The van der Waals surface area contributed by atoms with Crippen molar-refractivity contribution >= 4 is 5.97 Å². The van der Waals surface area contributed by atoms with Crippen molar-refractivity contribution < 1.29 is 9.53 Å². The van der Waals surface area contributed by atoms with Crippen LogP contribution >= 0.6 is 0 Å². The SMILES string of the molecule is C=CCC(C)(C(=O)OCC)c1ccc2c(c1)CCCC2. The molecule has 1 unspecified atom stereocenters. The molecular weight excluding hydrogens is 248 g/mol. The largest absolute Gasteiger partial charge is 0.465 e. The summed E-state index contributed by atoms with van der Waals surface area (Å²) in [5, 5.41) is 0. The Morgan fingerprint density at radius 1 is 1.35 bits per heavy atom. The number of benzene rings is 1. The summed E-state index contributed by atoms with van der Waals surface area (Å²) in [5.41, 5.74) is 3.26. The number of ether oxygens (including phenoxy) is 1. The first-order valence-electron chi connectivity index (χ1n) is 7.52. The predicted octanol–water partition coefficient (Wildman–Crippen LogP) is 3.96. The van der Waals surface area contributed by atoms with Gasteiger partial charge in [-0.15, -0.1) is 6.58 Å². The molecule has 2 heteroatoms. The number of rotatable bonds is 5. The van der Waals surface area contributed by atoms with Crippen LogP contribution < -0.4 is 0 Å². The number of aryl methyl sites for hydroxylation is 2. The molecule has 0 bridgehead atoms. The quantitative estimate of drug-likeness (QED) is 0.599. The Bertz CT molecular complexity index is 504. The number of carbonyl (C=O) groups is 1. The maximum absolute atomic E-state index is 12.4. The molecule has 20 heavy (non-hydrogen) atoms. The summed E-state index contributed by atoms with van der Waals surface area (Å²) < 4.78 is 5.27. The number of fused-ring (bicyclic) bond motifs is 1. The highest BCUT2D eigenvalue weighted by atomic mass is 16.5. The van der Waals surface area contributed by atoms with Gasteiger partial charge in [0.1, 0.15) is 0 Å². The van der Waals surface area contributed by atoms with Crippen LogP contribution in [-0.2, 0) is 27.8 Å². The van der Waals surface area contributed by atoms with Crippen LogP contribution in [0.2, 0.25) is 0 Å². The molecule has 0 saturated carbocycles. The van der Waals surface area contributed by atoms with Gasteiger partial charge in [-0.2, -0.15) is 0 Å². The number of hydrogen-bond acceptors (Lipinski definition) is 2. The highest BCUT2D eigenvalue weighted by molar-refractivity contribution is 5.83. The molecule has 1 atom stereocenters. The molecule has 1 aromatic rings. The van der Waals surface area contributed by atoms with Crippen LogP contribution in [-0.4, -0.2) is 12.6 Å². The zero-order valence-electron chi connectivity index (χ0n) is 12.6. The molecule has 0 spiro atoms. The molecule has 0 aromatic heterocycles. The lowest BCUT2D eigenvalue weighted by atomic mass is 9.77. The van der Waals surface area contributed by atoms with Crippen LogP contribution in [0.5, 0.6) is 0 Å². The van der Waals surface area contributed by atoms with Crippen LogP contribution in [0.1, 0.15) is 49.8 Å². The van der Waals surface area contributed by atoms with Crippen LogP contribution in [0.3, 0.4) is 0 Å². The number of carbonyl (C=O) groups excluding carboxylic acids is 1. The van der Waals surface area contributed by atoms with E-state index >= 15 is 0 Å². The van der Waals surface area contributed by atoms with Crippen molar-refractivity contribution in [1.29, 1.82) is 0 Å². The van der Waals surface area contributed by atoms with Crippen molar-refractivity contribution in [3.63, 3.8) is 0 Å². The molecule has 1 aliphatic carbocycles. The predicted molar refractivity (Wildman–Crippen MR) is 81.9 cm³/mol. The zero-order chi connectivity index (χ0) is 14.6. The third kappa shape index (κ3) is 2.79. The van der Waals surface area contributed by atoms with Crippen LogP contribution in [0.25, 0.3) is 0 Å². The van der Waals surface area contributed by atoms with Gasteiger partial charge in [-0.25, -0.2) is 0 Å². The van der Waals surface area contributed by atoms with Crippen LogP contribution in [0.15, 0.2) is 30.9 Å². The molecule has 108 valence electrons. The summed E-state index contributed by atoms with van der Waals surface area (Å²) in [6, 6.07) is 6.48. The first-order valence-corrected chi connectivity index (χ1v) is 7.52. The van der Waals surface area contributed by atoms with Crippen molar-refractivity contribution in [2.75, 3.05) is 6.61 Å². The second-order valence-corrected chi connectivity index (χ2v) is 5.74. The molecule has 0 saturated heterocycles. The maximum atomic E-state index is 12.4. The molecule has 2 rings (SSSR count). The fraction of sp³-hybridized carbons (Fsp3) is 0.500. The highest BCUT2D eigenvalue weighted by Crippen LogP contribution is 2.33. The monoisotopic (exact) mass is 272 g/mol. The Balaban J connectivity index is 2.38. The van der Waals surface area contributed by atoms with Crippen LogP contribution in [0, 0.1) is 0 Å². The molecule has 2 nitrogen and oxygen atoms in total. The third-order valence-electron chi connectivity index (χ3n) is 4.26. The van der Waals surface area contributed by atoms with Crippen molar-refractivity contribution in [3.05, 3.63) is 47.5 Å². The Hall–Kier alpha value is -1.57. The van der Waals surface area contributed by atoms with E-state index in [0.29, 0.717) is 13.0 Å². The minimum atomic E-state index is -0.621. The van der Waals surface area contributed by atoms with Gasteiger partial charge in [-0.05, 0) is 62.6 Å². The van der Waals surface area contributed by atoms with Gasteiger partial charge in [0.15, 0.2) is 0 Å². The van der Waals surface area contributed by atoms with E-state index in [-0.39, 0.29) is 5.97 Å². The fourth-order valence-electron chi connectivity index (χ4n) is 2.97. The molecule has 0 amide bonds. The van der Waals surface area contributed by atoms with E-state index in [0.717, 1.165) is 18.4 Å². The summed E-state index contributed by atoms with van der Waals surface area (Å²) >= 11 is 0. The summed E-state index contributed by atoms with van der Waals surface area (Å²) in [5.74, 6) is -0.157. The highest BCUT2D eigenvalue weighted by Gasteiger charge is 2.36. The average Bonchev–Trinajstić information content (AvgIpc) is 2.47. The van der Waals surface area contributed by atoms with Gasteiger partial charge in [0.2, 0.25) is 0 Å². The zero-order valence-corrected chi connectivity index (χ0v) is 12.6. The van der Waals surface area contributed by atoms with Crippen molar-refractivity contribution in [3.8, 4) is 0 Å². The van der Waals surface area contributed by atoms with E-state index in [1.54, 1.807) is 6.08 Å². The minimum Gasteiger partial charge on any atom is -0.465 e. The van der Waals surface area contributed by atoms with E-state index in [9.17, 15) is 4.79 Å². The molecule has 0 heterocycles. The summed E-state index contributed by atoms with van der Waals surface area (Å²) in [7, 11) is 0. The minimum absolute atomic E-state index is 0.157. The number of allylic oxidation sites excluding steroid dienone is 1. The molecule has 1 aromatic carbocycles. The van der Waals surface area contributed by atoms with Gasteiger partial charge in [0.25, 0.3) is 0 Å². The standard InChI is InChI=1S/C18H24O2/c1-4-12-18(3,17(19)20-5-2)16-11-10-14-8-6-7-9-15(14)13-16/h4,10-11,13H,1,5-9,12H2,2-3H3. The van der Waals surface area contributed by atoms with Crippen LogP contribution in [0.4, 0.5) is 0 Å². The van der Waals surface area contributed by atoms with Crippen molar-refractivity contribution in [2.45, 2.75) is 51.4 Å². The third-order valence-corrected chi connectivity index (χ3v) is 4.26. The second-order valence-electron chi connectivity index (χ2n) is 5.74. The van der Waals surface area contributed by atoms with Crippen molar-refractivity contribution in [2.24, 2.45) is 0 Å². The molecule has 1 aliphatic rings. The number of esters is 1. The summed E-state index contributed by atoms with van der Waals surface area (Å²) in [6.07, 6.45) is 7.20. The topological polar surface area (TPSA) is 26.3 Å². The average molecular weight is 272 g/mol. The van der Waals surface area contributed by atoms with Gasteiger partial charge in [-0.1, -0.05) is 24.3 Å². The Kier molecular flexibility index (Phi) is 4.64. The Morgan fingerprint density at radius 2 is 2.05 bits per heavy atom. The van der Waals surface area contributed by atoms with Gasteiger partial charge in [-0.3, -0.25) is 4.79 Å². The van der Waals surface area contributed by atoms with Gasteiger partial charge in [0.05, 0.1) is 12.0 Å². The van der Waals surface area contributed by atoms with Gasteiger partial charge >= 0.3 is 5.97 Å². The van der Waals surface area contributed by atoms with Crippen molar-refractivity contribution in [1.82, 2.24) is 0 Å². The maximum Gasteiger partial charge on any atom is 0.316 e. The van der Waals surface area contributed by atoms with Gasteiger partial charge < -0.3 is 4.74 Å². The van der Waals surface area contributed by atoms with Gasteiger partial charge in [0, 0.05) is 0 Å². The molecular formula is C18H24O2. The lowest BCUT2D eigenvalue weighted by Gasteiger charge is -2.28. The van der Waals surface area contributed by atoms with E-state index < -0.39 is 5.41 Å². The lowest BCUT2D eigenvalue weighted by molar-refractivity contribution is -0.149. The summed E-state index contributed by atoms with van der Waals surface area (Å²) in [4.78, 5) is 12.4. The summed E-state index contributed by atoms with van der Waals surface area (Å²) in [6.45, 7) is 8.01.